The van der Waals surface area contributed by atoms with Crippen molar-refractivity contribution in [1.82, 2.24) is 0 Å². The highest BCUT2D eigenvalue weighted by molar-refractivity contribution is 7.93. The summed E-state index contributed by atoms with van der Waals surface area (Å²) in [7, 11) is -1.95. The molecule has 8 heteroatoms. The summed E-state index contributed by atoms with van der Waals surface area (Å²) in [6.45, 7) is 0. The Labute approximate surface area is 137 Å². The highest BCUT2D eigenvalue weighted by Crippen LogP contribution is 2.42. The van der Waals surface area contributed by atoms with Gasteiger partial charge in [-0.15, -0.1) is 0 Å². The van der Waals surface area contributed by atoms with E-state index in [1.54, 1.807) is 0 Å². The second kappa shape index (κ2) is 5.75. The topological polar surface area (TPSA) is 60.4 Å². The number of benzene rings is 1. The Hall–Kier alpha value is -1.57. The first-order valence-corrected chi connectivity index (χ1v) is 9.27. The normalized spacial score (nSPS) is 28.6. The lowest BCUT2D eigenvalue weighted by Gasteiger charge is -2.27. The molecule has 1 aromatic carbocycles. The summed E-state index contributed by atoms with van der Waals surface area (Å²) < 4.78 is 68.0. The number of halogens is 3. The van der Waals surface area contributed by atoms with Crippen molar-refractivity contribution in [1.29, 1.82) is 0 Å². The van der Waals surface area contributed by atoms with Crippen molar-refractivity contribution in [2.24, 2.45) is 5.92 Å². The molecule has 3 rings (SSSR count). The number of hydrogen-bond donors (Lipinski definition) is 0. The number of hydrogen-bond acceptors (Lipinski definition) is 4. The molecular weight excluding hydrogens is 345 g/mol. The second-order valence-electron chi connectivity index (χ2n) is 6.39. The maximum atomic E-state index is 13.0. The fourth-order valence-electron chi connectivity index (χ4n) is 3.68. The first-order chi connectivity index (χ1) is 11.1. The zero-order valence-electron chi connectivity index (χ0n) is 13.0. The number of Topliss-reactive ketones (excluding diaryl/α,β-unsaturated/α-hetero) is 1. The minimum atomic E-state index is -4.58. The molecule has 0 N–H and O–H groups in total. The Morgan fingerprint density at radius 1 is 1.12 bits per heavy atom. The van der Waals surface area contributed by atoms with Crippen LogP contribution in [0, 0.1) is 5.92 Å². The lowest BCUT2D eigenvalue weighted by atomic mass is 9.89. The molecule has 2 heterocycles. The summed E-state index contributed by atoms with van der Waals surface area (Å²) in [5.41, 5.74) is -1.03. The molecule has 2 bridgehead atoms. The average Bonchev–Trinajstić information content (AvgIpc) is 2.71. The zero-order valence-corrected chi connectivity index (χ0v) is 13.8. The van der Waals surface area contributed by atoms with Crippen LogP contribution in [0.4, 0.5) is 13.2 Å². The van der Waals surface area contributed by atoms with Gasteiger partial charge in [-0.05, 0) is 43.9 Å². The number of alkyl halides is 3. The predicted molar refractivity (Wildman–Crippen MR) is 80.8 cm³/mol. The molecule has 0 amide bonds. The number of ketones is 1. The maximum Gasteiger partial charge on any atom is 0.416 e. The summed E-state index contributed by atoms with van der Waals surface area (Å²) in [4.78, 5) is 12.7. The van der Waals surface area contributed by atoms with E-state index in [0.717, 1.165) is 12.1 Å². The van der Waals surface area contributed by atoms with Crippen molar-refractivity contribution in [3.8, 4) is 5.75 Å². The van der Waals surface area contributed by atoms with Crippen LogP contribution in [0.25, 0.3) is 0 Å². The Morgan fingerprint density at radius 2 is 1.71 bits per heavy atom. The molecule has 0 spiro atoms. The number of carbonyl (C=O) groups excluding carboxylic acids is 1. The van der Waals surface area contributed by atoms with Gasteiger partial charge < -0.3 is 4.74 Å². The minimum Gasteiger partial charge on any atom is -0.497 e. The number of carbonyl (C=O) groups is 1. The van der Waals surface area contributed by atoms with Crippen LogP contribution in [-0.2, 0) is 16.0 Å². The van der Waals surface area contributed by atoms with E-state index < -0.39 is 43.8 Å². The fraction of sp³-hybridized carbons (Fsp3) is 0.562. The van der Waals surface area contributed by atoms with Crippen LogP contribution in [0.1, 0.15) is 41.6 Å². The number of rotatable bonds is 3. The van der Waals surface area contributed by atoms with E-state index in [1.165, 1.54) is 13.2 Å². The molecule has 132 valence electrons. The van der Waals surface area contributed by atoms with Crippen molar-refractivity contribution >= 4 is 15.6 Å². The smallest absolute Gasteiger partial charge is 0.416 e. The Bertz CT molecular complexity index is 750. The quantitative estimate of drug-likeness (QED) is 0.775. The van der Waals surface area contributed by atoms with E-state index in [4.69, 9.17) is 4.74 Å². The molecule has 24 heavy (non-hydrogen) atoms. The van der Waals surface area contributed by atoms with E-state index >= 15 is 0 Å². The molecule has 2 unspecified atom stereocenters. The lowest BCUT2D eigenvalue weighted by molar-refractivity contribution is -0.137. The third-order valence-corrected chi connectivity index (χ3v) is 7.67. The Morgan fingerprint density at radius 3 is 2.21 bits per heavy atom. The summed E-state index contributed by atoms with van der Waals surface area (Å²) in [6.07, 6.45) is -3.14. The van der Waals surface area contributed by atoms with Crippen molar-refractivity contribution < 1.29 is 31.1 Å². The first-order valence-electron chi connectivity index (χ1n) is 7.66. The van der Waals surface area contributed by atoms with Crippen molar-refractivity contribution in [2.75, 3.05) is 7.11 Å². The SMILES string of the molecule is COc1cc(C(=O)C2CC3CCC(C2)S3(=O)=O)cc(C(F)(F)F)c1. The largest absolute Gasteiger partial charge is 0.497 e. The Balaban J connectivity index is 1.91. The molecule has 2 saturated heterocycles. The van der Waals surface area contributed by atoms with Gasteiger partial charge in [0.25, 0.3) is 0 Å². The van der Waals surface area contributed by atoms with Crippen LogP contribution in [0.5, 0.6) is 5.75 Å². The van der Waals surface area contributed by atoms with Gasteiger partial charge in [-0.2, -0.15) is 13.2 Å². The van der Waals surface area contributed by atoms with Gasteiger partial charge in [-0.1, -0.05) is 0 Å². The third kappa shape index (κ3) is 2.92. The summed E-state index contributed by atoms with van der Waals surface area (Å²) >= 11 is 0. The molecule has 2 aliphatic heterocycles. The zero-order chi connectivity index (χ0) is 17.7. The number of methoxy groups -OCH3 is 1. The van der Waals surface area contributed by atoms with Crippen LogP contribution >= 0.6 is 0 Å². The molecule has 0 aromatic heterocycles. The molecule has 2 aliphatic rings. The van der Waals surface area contributed by atoms with Gasteiger partial charge >= 0.3 is 6.18 Å². The standard InChI is InChI=1S/C16H17F3O4S/c1-23-12-5-9(4-11(8-12)16(17,18)19)15(20)10-6-13-2-3-14(7-10)24(13,21)22/h4-5,8,10,13-14H,2-3,6-7H2,1H3. The molecular formula is C16H17F3O4S. The Kier molecular flexibility index (Phi) is 4.14. The predicted octanol–water partition coefficient (Wildman–Crippen LogP) is 3.25. The van der Waals surface area contributed by atoms with E-state index in [-0.39, 0.29) is 24.2 Å². The average molecular weight is 362 g/mol. The van der Waals surface area contributed by atoms with Crippen LogP contribution < -0.4 is 4.74 Å². The summed E-state index contributed by atoms with van der Waals surface area (Å²) in [6, 6.07) is 2.93. The van der Waals surface area contributed by atoms with E-state index in [0.29, 0.717) is 12.8 Å². The second-order valence-corrected chi connectivity index (χ2v) is 8.90. The monoisotopic (exact) mass is 362 g/mol. The summed E-state index contributed by atoms with van der Waals surface area (Å²) in [5.74, 6) is -1.04. The van der Waals surface area contributed by atoms with Gasteiger partial charge in [0.15, 0.2) is 15.6 Å². The number of ether oxygens (including phenoxy) is 1. The van der Waals surface area contributed by atoms with E-state index in [9.17, 15) is 26.4 Å². The van der Waals surface area contributed by atoms with E-state index in [1.807, 2.05) is 0 Å². The van der Waals surface area contributed by atoms with Crippen molar-refractivity contribution in [3.05, 3.63) is 29.3 Å². The maximum absolute atomic E-state index is 13.0. The number of fused-ring (bicyclic) bond motifs is 2. The van der Waals surface area contributed by atoms with Gasteiger partial charge in [0.2, 0.25) is 0 Å². The minimum absolute atomic E-state index is 0.0421. The third-order valence-electron chi connectivity index (χ3n) is 4.96. The molecule has 0 saturated carbocycles. The lowest BCUT2D eigenvalue weighted by Crippen LogP contribution is -2.36. The molecule has 0 radical (unpaired) electrons. The molecule has 0 aliphatic carbocycles. The first kappa shape index (κ1) is 17.3. The highest BCUT2D eigenvalue weighted by Gasteiger charge is 2.48. The van der Waals surface area contributed by atoms with E-state index in [2.05, 4.69) is 0 Å². The molecule has 2 atom stereocenters. The highest BCUT2D eigenvalue weighted by atomic mass is 32.2. The van der Waals surface area contributed by atoms with Gasteiger partial charge in [-0.25, -0.2) is 8.42 Å². The summed E-state index contributed by atoms with van der Waals surface area (Å²) in [5, 5.41) is -1.09. The fourth-order valence-corrected chi connectivity index (χ4v) is 6.15. The molecule has 1 aromatic rings. The number of sulfone groups is 1. The van der Waals surface area contributed by atoms with Gasteiger partial charge in [0.1, 0.15) is 5.75 Å². The van der Waals surface area contributed by atoms with Gasteiger partial charge in [0, 0.05) is 11.5 Å². The van der Waals surface area contributed by atoms with Crippen LogP contribution in [0.15, 0.2) is 18.2 Å². The molecule has 2 fully saturated rings. The van der Waals surface area contributed by atoms with Crippen LogP contribution in [0.2, 0.25) is 0 Å². The van der Waals surface area contributed by atoms with Crippen LogP contribution in [-0.4, -0.2) is 31.8 Å². The van der Waals surface area contributed by atoms with Crippen LogP contribution in [0.3, 0.4) is 0 Å². The van der Waals surface area contributed by atoms with Crippen molar-refractivity contribution in [2.45, 2.75) is 42.4 Å². The van der Waals surface area contributed by atoms with Gasteiger partial charge in [0.05, 0.1) is 23.2 Å². The van der Waals surface area contributed by atoms with Gasteiger partial charge in [-0.3, -0.25) is 4.79 Å². The molecule has 4 nitrogen and oxygen atoms in total. The van der Waals surface area contributed by atoms with Crippen molar-refractivity contribution in [3.63, 3.8) is 0 Å².